The molecule has 0 aliphatic heterocycles. The molecule has 1 atom stereocenters. The number of unbranched alkanes of at least 4 members (excludes halogenated alkanes) is 2. The van der Waals surface area contributed by atoms with Crippen molar-refractivity contribution in [1.82, 2.24) is 0 Å². The summed E-state index contributed by atoms with van der Waals surface area (Å²) in [6.07, 6.45) is 25.0. The average Bonchev–Trinajstić information content (AvgIpc) is 2.65. The van der Waals surface area contributed by atoms with Crippen molar-refractivity contribution in [2.24, 2.45) is 0 Å². The maximum absolute atomic E-state index is 11.8. The summed E-state index contributed by atoms with van der Waals surface area (Å²) in [5.74, 6) is -0.926. The smallest absolute Gasteiger partial charge is 0.306 e. The van der Waals surface area contributed by atoms with E-state index in [0.29, 0.717) is 12.8 Å². The molecule has 0 aliphatic rings. The number of aliphatic carboxylic acids is 1. The van der Waals surface area contributed by atoms with Crippen molar-refractivity contribution in [3.05, 3.63) is 48.6 Å². The first-order valence-electron chi connectivity index (χ1n) is 10.6. The van der Waals surface area contributed by atoms with E-state index in [-0.39, 0.29) is 18.5 Å². The molecule has 0 aromatic heterocycles. The number of rotatable bonds is 17. The van der Waals surface area contributed by atoms with E-state index in [1.165, 1.54) is 0 Å². The molecule has 0 aromatic carbocycles. The molecule has 0 fully saturated rings. The summed E-state index contributed by atoms with van der Waals surface area (Å²) in [5.41, 5.74) is 0. The second kappa shape index (κ2) is 19.7. The highest BCUT2D eigenvalue weighted by molar-refractivity contribution is 5.69. The van der Waals surface area contributed by atoms with Crippen LogP contribution in [0.4, 0.5) is 0 Å². The van der Waals surface area contributed by atoms with E-state index in [4.69, 9.17) is 9.84 Å². The lowest BCUT2D eigenvalue weighted by molar-refractivity contribution is -0.147. The SMILES string of the molecule is CC/C=C\C/C=C\C/C=C\C/C=C\C(CCCCCC(=O)O)OC(=O)CCC. The maximum atomic E-state index is 11.8. The maximum Gasteiger partial charge on any atom is 0.306 e. The fraction of sp³-hybridized carbons (Fsp3) is 0.583. The van der Waals surface area contributed by atoms with Crippen molar-refractivity contribution in [1.29, 1.82) is 0 Å². The quantitative estimate of drug-likeness (QED) is 0.174. The number of hydrogen-bond acceptors (Lipinski definition) is 3. The van der Waals surface area contributed by atoms with Gasteiger partial charge in [0, 0.05) is 12.8 Å². The summed E-state index contributed by atoms with van der Waals surface area (Å²) >= 11 is 0. The van der Waals surface area contributed by atoms with Gasteiger partial charge >= 0.3 is 11.9 Å². The van der Waals surface area contributed by atoms with Crippen LogP contribution in [0.2, 0.25) is 0 Å². The zero-order chi connectivity index (χ0) is 20.9. The third-order valence-electron chi connectivity index (χ3n) is 4.02. The Morgan fingerprint density at radius 1 is 0.821 bits per heavy atom. The summed E-state index contributed by atoms with van der Waals surface area (Å²) in [6, 6.07) is 0. The van der Waals surface area contributed by atoms with Crippen LogP contribution in [0.1, 0.15) is 84.5 Å². The number of carbonyl (C=O) groups excluding carboxylic acids is 1. The number of hydrogen-bond donors (Lipinski definition) is 1. The van der Waals surface area contributed by atoms with E-state index in [1.807, 2.05) is 19.1 Å². The predicted molar refractivity (Wildman–Crippen MR) is 116 cm³/mol. The molecule has 0 radical (unpaired) electrons. The zero-order valence-corrected chi connectivity index (χ0v) is 17.6. The van der Waals surface area contributed by atoms with Crippen molar-refractivity contribution >= 4 is 11.9 Å². The number of allylic oxidation sites excluding steroid dienone is 7. The summed E-state index contributed by atoms with van der Waals surface area (Å²) in [6.45, 7) is 4.09. The van der Waals surface area contributed by atoms with Crippen LogP contribution in [-0.4, -0.2) is 23.1 Å². The summed E-state index contributed by atoms with van der Waals surface area (Å²) in [5, 5.41) is 8.67. The molecule has 1 unspecified atom stereocenters. The van der Waals surface area contributed by atoms with Crippen molar-refractivity contribution in [3.8, 4) is 0 Å². The third-order valence-corrected chi connectivity index (χ3v) is 4.02. The molecule has 0 saturated carbocycles. The molecule has 0 saturated heterocycles. The average molecular weight is 391 g/mol. The van der Waals surface area contributed by atoms with E-state index in [9.17, 15) is 9.59 Å². The van der Waals surface area contributed by atoms with Gasteiger partial charge in [0.1, 0.15) is 6.10 Å². The Balaban J connectivity index is 4.20. The van der Waals surface area contributed by atoms with E-state index in [2.05, 4.69) is 43.4 Å². The van der Waals surface area contributed by atoms with Crippen LogP contribution in [0.3, 0.4) is 0 Å². The molecule has 0 spiro atoms. The van der Waals surface area contributed by atoms with Gasteiger partial charge in [-0.1, -0.05) is 62.8 Å². The molecular formula is C24H38O4. The predicted octanol–water partition coefficient (Wildman–Crippen LogP) is 6.54. The Labute approximate surface area is 171 Å². The van der Waals surface area contributed by atoms with Crippen molar-refractivity contribution in [2.45, 2.75) is 90.6 Å². The molecule has 0 aliphatic carbocycles. The number of carboxylic acid groups (broad SMARTS) is 1. The highest BCUT2D eigenvalue weighted by atomic mass is 16.5. The van der Waals surface area contributed by atoms with Gasteiger partial charge in [0.25, 0.3) is 0 Å². The molecule has 4 heteroatoms. The first-order chi connectivity index (χ1) is 13.6. The molecule has 0 bridgehead atoms. The van der Waals surface area contributed by atoms with Crippen LogP contribution < -0.4 is 0 Å². The minimum atomic E-state index is -0.759. The fourth-order valence-corrected chi connectivity index (χ4v) is 2.54. The van der Waals surface area contributed by atoms with E-state index in [1.54, 1.807) is 0 Å². The number of esters is 1. The van der Waals surface area contributed by atoms with Gasteiger partial charge in [0.2, 0.25) is 0 Å². The van der Waals surface area contributed by atoms with Crippen LogP contribution in [0.5, 0.6) is 0 Å². The van der Waals surface area contributed by atoms with Crippen LogP contribution in [-0.2, 0) is 14.3 Å². The third kappa shape index (κ3) is 18.7. The van der Waals surface area contributed by atoms with Gasteiger partial charge in [-0.2, -0.15) is 0 Å². The second-order valence-electron chi connectivity index (χ2n) is 6.73. The molecule has 0 amide bonds. The lowest BCUT2D eigenvalue weighted by atomic mass is 10.1. The Morgan fingerprint density at radius 2 is 1.43 bits per heavy atom. The van der Waals surface area contributed by atoms with Gasteiger partial charge in [-0.25, -0.2) is 0 Å². The summed E-state index contributed by atoms with van der Waals surface area (Å²) in [7, 11) is 0. The zero-order valence-electron chi connectivity index (χ0n) is 17.6. The van der Waals surface area contributed by atoms with Crippen molar-refractivity contribution in [3.63, 3.8) is 0 Å². The summed E-state index contributed by atoms with van der Waals surface area (Å²) in [4.78, 5) is 22.3. The topological polar surface area (TPSA) is 63.6 Å². The van der Waals surface area contributed by atoms with Crippen LogP contribution in [0.15, 0.2) is 48.6 Å². The van der Waals surface area contributed by atoms with Crippen LogP contribution in [0.25, 0.3) is 0 Å². The van der Waals surface area contributed by atoms with Gasteiger partial charge in [-0.15, -0.1) is 0 Å². The molecule has 4 nitrogen and oxygen atoms in total. The molecular weight excluding hydrogens is 352 g/mol. The highest BCUT2D eigenvalue weighted by Gasteiger charge is 2.10. The van der Waals surface area contributed by atoms with E-state index in [0.717, 1.165) is 51.4 Å². The molecule has 28 heavy (non-hydrogen) atoms. The van der Waals surface area contributed by atoms with Gasteiger partial charge in [0.05, 0.1) is 0 Å². The second-order valence-corrected chi connectivity index (χ2v) is 6.73. The Kier molecular flexibility index (Phi) is 18.2. The first kappa shape index (κ1) is 25.9. The lowest BCUT2D eigenvalue weighted by Gasteiger charge is -2.14. The molecule has 0 rings (SSSR count). The van der Waals surface area contributed by atoms with Gasteiger partial charge in [-0.05, 0) is 57.4 Å². The fourth-order valence-electron chi connectivity index (χ4n) is 2.54. The summed E-state index contributed by atoms with van der Waals surface area (Å²) < 4.78 is 5.53. The van der Waals surface area contributed by atoms with Crippen LogP contribution >= 0.6 is 0 Å². The first-order valence-corrected chi connectivity index (χ1v) is 10.6. The largest absolute Gasteiger partial charge is 0.481 e. The molecule has 0 heterocycles. The Bertz CT molecular complexity index is 515. The van der Waals surface area contributed by atoms with E-state index >= 15 is 0 Å². The lowest BCUT2D eigenvalue weighted by Crippen LogP contribution is -2.15. The standard InChI is InChI=1S/C24H38O4/c1-3-5-6-7-8-9-10-11-12-13-15-19-22(28-24(27)18-4-2)20-16-14-17-21-23(25)26/h5-6,8-9,11-12,15,19,22H,3-4,7,10,13-14,16-18,20-21H2,1-2H3,(H,25,26)/b6-5-,9-8-,12-11-,19-15-. The van der Waals surface area contributed by atoms with Crippen LogP contribution in [0, 0.1) is 0 Å². The Morgan fingerprint density at radius 3 is 2.00 bits per heavy atom. The molecule has 1 N–H and O–H groups in total. The molecule has 0 aromatic rings. The minimum absolute atomic E-state index is 0.166. The highest BCUT2D eigenvalue weighted by Crippen LogP contribution is 2.12. The van der Waals surface area contributed by atoms with Gasteiger partial charge in [0.15, 0.2) is 0 Å². The normalized spacial score (nSPS) is 13.2. The van der Waals surface area contributed by atoms with Gasteiger partial charge in [-0.3, -0.25) is 9.59 Å². The number of carbonyl (C=O) groups is 2. The van der Waals surface area contributed by atoms with Crippen molar-refractivity contribution < 1.29 is 19.4 Å². The van der Waals surface area contributed by atoms with E-state index < -0.39 is 5.97 Å². The Hall–Kier alpha value is -2.10. The number of ether oxygens (including phenoxy) is 1. The van der Waals surface area contributed by atoms with Gasteiger partial charge < -0.3 is 9.84 Å². The monoisotopic (exact) mass is 390 g/mol. The molecule has 158 valence electrons. The number of carboxylic acids is 1. The van der Waals surface area contributed by atoms with Crippen molar-refractivity contribution in [2.75, 3.05) is 0 Å². The minimum Gasteiger partial charge on any atom is -0.481 e.